The van der Waals surface area contributed by atoms with Crippen molar-refractivity contribution in [2.75, 3.05) is 11.9 Å². The molecule has 7 heteroatoms. The van der Waals surface area contributed by atoms with Crippen LogP contribution in [0, 0.1) is 31.3 Å². The van der Waals surface area contributed by atoms with Crippen LogP contribution in [-0.2, 0) is 4.79 Å². The minimum atomic E-state index is -0.294. The maximum atomic E-state index is 12.2. The third-order valence-electron chi connectivity index (χ3n) is 3.78. The van der Waals surface area contributed by atoms with Crippen molar-refractivity contribution in [2.45, 2.75) is 27.7 Å². The van der Waals surface area contributed by atoms with Crippen LogP contribution in [0.15, 0.2) is 12.1 Å². The molecule has 0 radical (unpaired) electrons. The lowest BCUT2D eigenvalue weighted by Gasteiger charge is -2.15. The molecule has 2 rings (SSSR count). The topological polar surface area (TPSA) is 38.3 Å². The molecule has 0 aromatic heterocycles. The van der Waals surface area contributed by atoms with Crippen LogP contribution < -0.4 is 10.1 Å². The predicted octanol–water partition coefficient (Wildman–Crippen LogP) is 6.50. The molecule has 134 valence electrons. The molecule has 0 aliphatic heterocycles. The molecule has 1 N–H and O–H groups in total. The van der Waals surface area contributed by atoms with Gasteiger partial charge < -0.3 is 10.1 Å². The SMILES string of the molecule is Cc1cc(NC(=O)COc2c(Cl)c(C)c(Cl)c(C)c2Cl)cc(C)c1I. The Bertz CT molecular complexity index is 801. The van der Waals surface area contributed by atoms with Gasteiger partial charge in [-0.25, -0.2) is 0 Å². The molecule has 2 aromatic carbocycles. The van der Waals surface area contributed by atoms with E-state index in [1.54, 1.807) is 13.8 Å². The smallest absolute Gasteiger partial charge is 0.262 e. The van der Waals surface area contributed by atoms with Crippen LogP contribution in [0.5, 0.6) is 5.75 Å². The van der Waals surface area contributed by atoms with E-state index in [-0.39, 0.29) is 18.3 Å². The first-order valence-electron chi connectivity index (χ1n) is 7.46. The van der Waals surface area contributed by atoms with Gasteiger partial charge in [-0.1, -0.05) is 34.8 Å². The van der Waals surface area contributed by atoms with Crippen molar-refractivity contribution in [3.63, 3.8) is 0 Å². The van der Waals surface area contributed by atoms with Crippen LogP contribution >= 0.6 is 57.4 Å². The monoisotopic (exact) mass is 511 g/mol. The van der Waals surface area contributed by atoms with Gasteiger partial charge in [0.25, 0.3) is 5.91 Å². The van der Waals surface area contributed by atoms with Gasteiger partial charge in [0.1, 0.15) is 0 Å². The summed E-state index contributed by atoms with van der Waals surface area (Å²) < 4.78 is 6.74. The standard InChI is InChI=1S/C18H17Cl3INO2/c1-8-5-12(6-9(2)17(8)22)23-13(24)7-25-18-15(20)10(3)14(19)11(4)16(18)21/h5-6H,7H2,1-4H3,(H,23,24). The normalized spacial score (nSPS) is 10.7. The molecule has 25 heavy (non-hydrogen) atoms. The minimum absolute atomic E-state index is 0.204. The van der Waals surface area contributed by atoms with Crippen molar-refractivity contribution >= 4 is 69.0 Å². The number of ether oxygens (including phenoxy) is 1. The van der Waals surface area contributed by atoms with Crippen LogP contribution in [0.2, 0.25) is 15.1 Å². The van der Waals surface area contributed by atoms with Gasteiger partial charge in [0.05, 0.1) is 10.0 Å². The number of carbonyl (C=O) groups excluding carboxylic acids is 1. The van der Waals surface area contributed by atoms with Crippen LogP contribution in [0.4, 0.5) is 5.69 Å². The predicted molar refractivity (Wildman–Crippen MR) is 114 cm³/mol. The van der Waals surface area contributed by atoms with E-state index in [0.717, 1.165) is 16.8 Å². The average Bonchev–Trinajstić information content (AvgIpc) is 2.56. The zero-order chi connectivity index (χ0) is 18.9. The third kappa shape index (κ3) is 4.54. The van der Waals surface area contributed by atoms with Gasteiger partial charge in [-0.05, 0) is 84.7 Å². The Morgan fingerprint density at radius 1 is 1.00 bits per heavy atom. The molecule has 0 atom stereocenters. The maximum Gasteiger partial charge on any atom is 0.262 e. The second kappa shape index (κ2) is 8.33. The van der Waals surface area contributed by atoms with Crippen LogP contribution in [0.3, 0.4) is 0 Å². The number of hydrogen-bond donors (Lipinski definition) is 1. The largest absolute Gasteiger partial charge is 0.481 e. The van der Waals surface area contributed by atoms with Gasteiger partial charge in [-0.3, -0.25) is 4.79 Å². The molecule has 0 saturated carbocycles. The Balaban J connectivity index is 2.14. The zero-order valence-corrected chi connectivity index (χ0v) is 18.6. The summed E-state index contributed by atoms with van der Waals surface area (Å²) in [5, 5.41) is 3.95. The van der Waals surface area contributed by atoms with Crippen molar-refractivity contribution in [1.29, 1.82) is 0 Å². The summed E-state index contributed by atoms with van der Waals surface area (Å²) in [6.45, 7) is 7.35. The number of carbonyl (C=O) groups is 1. The first-order valence-corrected chi connectivity index (χ1v) is 9.67. The second-order valence-corrected chi connectivity index (χ2v) is 7.99. The van der Waals surface area contributed by atoms with Crippen LogP contribution in [0.25, 0.3) is 0 Å². The molecule has 0 bridgehead atoms. The summed E-state index contributed by atoms with van der Waals surface area (Å²) in [7, 11) is 0. The molecule has 0 aliphatic carbocycles. The number of aryl methyl sites for hydroxylation is 2. The first kappa shape index (κ1) is 20.6. The van der Waals surface area contributed by atoms with E-state index in [2.05, 4.69) is 27.9 Å². The number of nitrogens with one attached hydrogen (secondary N) is 1. The van der Waals surface area contributed by atoms with Crippen molar-refractivity contribution in [1.82, 2.24) is 0 Å². The Morgan fingerprint density at radius 2 is 1.48 bits per heavy atom. The molecule has 0 aliphatic rings. The second-order valence-electron chi connectivity index (χ2n) is 5.78. The fourth-order valence-electron chi connectivity index (χ4n) is 2.39. The van der Waals surface area contributed by atoms with E-state index in [1.807, 2.05) is 26.0 Å². The number of rotatable bonds is 4. The van der Waals surface area contributed by atoms with Gasteiger partial charge in [0, 0.05) is 14.3 Å². The van der Waals surface area contributed by atoms with Gasteiger partial charge in [0.15, 0.2) is 12.4 Å². The summed E-state index contributed by atoms with van der Waals surface area (Å²) in [5.74, 6) is -0.0229. The number of halogens is 4. The van der Waals surface area contributed by atoms with E-state index >= 15 is 0 Å². The summed E-state index contributed by atoms with van der Waals surface area (Å²) in [5.41, 5.74) is 4.28. The van der Waals surface area contributed by atoms with E-state index in [0.29, 0.717) is 26.2 Å². The Kier molecular flexibility index (Phi) is 6.87. The number of anilines is 1. The molecule has 0 heterocycles. The molecule has 3 nitrogen and oxygen atoms in total. The Morgan fingerprint density at radius 3 is 1.96 bits per heavy atom. The molecular weight excluding hydrogens is 495 g/mol. The van der Waals surface area contributed by atoms with Gasteiger partial charge in [-0.2, -0.15) is 0 Å². The van der Waals surface area contributed by atoms with Gasteiger partial charge in [-0.15, -0.1) is 0 Å². The molecular formula is C18H17Cl3INO2. The van der Waals surface area contributed by atoms with E-state index < -0.39 is 0 Å². The van der Waals surface area contributed by atoms with Crippen molar-refractivity contribution in [3.05, 3.63) is 53.0 Å². The van der Waals surface area contributed by atoms with Gasteiger partial charge in [0.2, 0.25) is 0 Å². The third-order valence-corrected chi connectivity index (χ3v) is 6.96. The summed E-state index contributed by atoms with van der Waals surface area (Å²) >= 11 is 21.0. The lowest BCUT2D eigenvalue weighted by Crippen LogP contribution is -2.20. The lowest BCUT2D eigenvalue weighted by molar-refractivity contribution is -0.118. The highest BCUT2D eigenvalue weighted by Crippen LogP contribution is 2.42. The zero-order valence-electron chi connectivity index (χ0n) is 14.2. The number of amides is 1. The quantitative estimate of drug-likeness (QED) is 0.475. The van der Waals surface area contributed by atoms with Crippen molar-refractivity contribution in [3.8, 4) is 5.75 Å². The molecule has 0 fully saturated rings. The highest BCUT2D eigenvalue weighted by atomic mass is 127. The fourth-order valence-corrected chi connectivity index (χ4v) is 3.52. The summed E-state index contributed by atoms with van der Waals surface area (Å²) in [6, 6.07) is 3.84. The first-order chi connectivity index (χ1) is 11.6. The Labute approximate surface area is 176 Å². The molecule has 2 aromatic rings. The van der Waals surface area contributed by atoms with Crippen LogP contribution in [0.1, 0.15) is 22.3 Å². The molecule has 0 saturated heterocycles. The molecule has 0 unspecified atom stereocenters. The van der Waals surface area contributed by atoms with Gasteiger partial charge >= 0.3 is 0 Å². The molecule has 1 amide bonds. The average molecular weight is 513 g/mol. The van der Waals surface area contributed by atoms with Crippen molar-refractivity contribution < 1.29 is 9.53 Å². The highest BCUT2D eigenvalue weighted by Gasteiger charge is 2.18. The molecule has 0 spiro atoms. The van der Waals surface area contributed by atoms with E-state index in [4.69, 9.17) is 39.5 Å². The number of benzene rings is 2. The number of hydrogen-bond acceptors (Lipinski definition) is 2. The fraction of sp³-hybridized carbons (Fsp3) is 0.278. The van der Waals surface area contributed by atoms with Crippen molar-refractivity contribution in [2.24, 2.45) is 0 Å². The summed E-state index contributed by atoms with van der Waals surface area (Å²) in [4.78, 5) is 12.2. The van der Waals surface area contributed by atoms with Crippen LogP contribution in [-0.4, -0.2) is 12.5 Å². The highest BCUT2D eigenvalue weighted by molar-refractivity contribution is 14.1. The minimum Gasteiger partial charge on any atom is -0.481 e. The maximum absolute atomic E-state index is 12.2. The lowest BCUT2D eigenvalue weighted by atomic mass is 10.1. The summed E-state index contributed by atoms with van der Waals surface area (Å²) in [6.07, 6.45) is 0. The van der Waals surface area contributed by atoms with E-state index in [1.165, 1.54) is 3.57 Å². The Hall–Kier alpha value is -0.690. The van der Waals surface area contributed by atoms with E-state index in [9.17, 15) is 4.79 Å².